The molecule has 0 saturated carbocycles. The van der Waals surface area contributed by atoms with Gasteiger partial charge in [0.05, 0.1) is 0 Å². The van der Waals surface area contributed by atoms with Crippen LogP contribution < -0.4 is 5.73 Å². The first-order chi connectivity index (χ1) is 9.19. The molecule has 1 aromatic heterocycles. The Morgan fingerprint density at radius 2 is 1.89 bits per heavy atom. The van der Waals surface area contributed by atoms with Crippen LogP contribution in [0.15, 0.2) is 42.6 Å². The fraction of sp³-hybridized carbons (Fsp3) is 0.353. The third kappa shape index (κ3) is 3.90. The van der Waals surface area contributed by atoms with Crippen molar-refractivity contribution >= 4 is 0 Å². The van der Waals surface area contributed by atoms with Gasteiger partial charge in [-0.3, -0.25) is 4.98 Å². The first-order valence-electron chi connectivity index (χ1n) is 6.93. The second-order valence-electron chi connectivity index (χ2n) is 5.14. The number of nitrogens with zero attached hydrogens (tertiary/aromatic N) is 1. The van der Waals surface area contributed by atoms with Crippen molar-refractivity contribution in [2.45, 2.75) is 39.2 Å². The first kappa shape index (κ1) is 13.8. The van der Waals surface area contributed by atoms with Gasteiger partial charge in [-0.1, -0.05) is 43.3 Å². The number of pyridine rings is 1. The molecule has 1 aromatic carbocycles. The van der Waals surface area contributed by atoms with Crippen molar-refractivity contribution in [2.24, 2.45) is 5.73 Å². The standard InChI is InChI=1S/C17H22N2/c1-3-16(18)10-15-9-13(2)17(19-12-15)11-14-7-5-4-6-8-14/h4-9,12,16H,3,10-11,18H2,1-2H3. The zero-order chi connectivity index (χ0) is 13.7. The highest BCUT2D eigenvalue weighted by molar-refractivity contribution is 5.29. The second kappa shape index (κ2) is 6.48. The minimum Gasteiger partial charge on any atom is -0.327 e. The summed E-state index contributed by atoms with van der Waals surface area (Å²) in [6, 6.07) is 12.9. The van der Waals surface area contributed by atoms with Gasteiger partial charge in [0.25, 0.3) is 0 Å². The largest absolute Gasteiger partial charge is 0.327 e. The van der Waals surface area contributed by atoms with Crippen LogP contribution in [0, 0.1) is 6.92 Å². The number of aryl methyl sites for hydroxylation is 1. The maximum atomic E-state index is 5.99. The number of benzene rings is 1. The van der Waals surface area contributed by atoms with Crippen LogP contribution in [-0.2, 0) is 12.8 Å². The van der Waals surface area contributed by atoms with Crippen molar-refractivity contribution in [3.8, 4) is 0 Å². The van der Waals surface area contributed by atoms with Gasteiger partial charge in [0.1, 0.15) is 0 Å². The lowest BCUT2D eigenvalue weighted by molar-refractivity contribution is 0.644. The zero-order valence-electron chi connectivity index (χ0n) is 11.8. The minimum atomic E-state index is 0.237. The first-order valence-corrected chi connectivity index (χ1v) is 6.93. The van der Waals surface area contributed by atoms with Crippen LogP contribution in [0.4, 0.5) is 0 Å². The van der Waals surface area contributed by atoms with Crippen LogP contribution in [0.2, 0.25) is 0 Å². The molecule has 2 nitrogen and oxygen atoms in total. The molecule has 1 unspecified atom stereocenters. The lowest BCUT2D eigenvalue weighted by Gasteiger charge is -2.11. The van der Waals surface area contributed by atoms with Crippen molar-refractivity contribution in [3.05, 3.63) is 65.0 Å². The maximum absolute atomic E-state index is 5.99. The van der Waals surface area contributed by atoms with Crippen LogP contribution in [0.3, 0.4) is 0 Å². The smallest absolute Gasteiger partial charge is 0.0476 e. The van der Waals surface area contributed by atoms with E-state index in [-0.39, 0.29) is 6.04 Å². The molecule has 19 heavy (non-hydrogen) atoms. The van der Waals surface area contributed by atoms with E-state index in [4.69, 9.17) is 5.73 Å². The van der Waals surface area contributed by atoms with E-state index in [1.54, 1.807) is 0 Å². The minimum absolute atomic E-state index is 0.237. The van der Waals surface area contributed by atoms with Gasteiger partial charge in [-0.05, 0) is 36.5 Å². The number of nitrogens with two attached hydrogens (primary N) is 1. The average Bonchev–Trinajstić information content (AvgIpc) is 2.43. The Morgan fingerprint density at radius 1 is 1.16 bits per heavy atom. The summed E-state index contributed by atoms with van der Waals surface area (Å²) >= 11 is 0. The van der Waals surface area contributed by atoms with E-state index in [1.165, 1.54) is 16.7 Å². The molecule has 0 bridgehead atoms. The molecule has 0 aliphatic carbocycles. The highest BCUT2D eigenvalue weighted by Crippen LogP contribution is 2.14. The van der Waals surface area contributed by atoms with Gasteiger partial charge < -0.3 is 5.73 Å². The molecule has 2 rings (SSSR count). The van der Waals surface area contributed by atoms with E-state index < -0.39 is 0 Å². The van der Waals surface area contributed by atoms with E-state index in [1.807, 2.05) is 12.3 Å². The number of rotatable bonds is 5. The Labute approximate surface area is 115 Å². The molecular weight excluding hydrogens is 232 g/mol. The van der Waals surface area contributed by atoms with E-state index in [0.717, 1.165) is 25.0 Å². The third-order valence-electron chi connectivity index (χ3n) is 3.48. The van der Waals surface area contributed by atoms with Gasteiger partial charge >= 0.3 is 0 Å². The fourth-order valence-electron chi connectivity index (χ4n) is 2.19. The van der Waals surface area contributed by atoms with Crippen LogP contribution >= 0.6 is 0 Å². The zero-order valence-corrected chi connectivity index (χ0v) is 11.8. The Bertz CT molecular complexity index is 520. The predicted octanol–water partition coefficient (Wildman–Crippen LogP) is 3.26. The van der Waals surface area contributed by atoms with E-state index in [2.05, 4.69) is 49.2 Å². The van der Waals surface area contributed by atoms with E-state index >= 15 is 0 Å². The van der Waals surface area contributed by atoms with Gasteiger partial charge in [0, 0.05) is 24.4 Å². The Kier molecular flexibility index (Phi) is 4.69. The summed E-state index contributed by atoms with van der Waals surface area (Å²) in [7, 11) is 0. The molecule has 0 saturated heterocycles. The molecule has 100 valence electrons. The maximum Gasteiger partial charge on any atom is 0.0476 e. The summed E-state index contributed by atoms with van der Waals surface area (Å²) in [5.74, 6) is 0. The lowest BCUT2D eigenvalue weighted by atomic mass is 10.0. The van der Waals surface area contributed by atoms with Crippen molar-refractivity contribution in [2.75, 3.05) is 0 Å². The van der Waals surface area contributed by atoms with E-state index in [0.29, 0.717) is 0 Å². The number of hydrogen-bond donors (Lipinski definition) is 1. The normalized spacial score (nSPS) is 12.4. The Hall–Kier alpha value is -1.67. The lowest BCUT2D eigenvalue weighted by Crippen LogP contribution is -2.21. The number of aromatic nitrogens is 1. The monoisotopic (exact) mass is 254 g/mol. The van der Waals surface area contributed by atoms with E-state index in [9.17, 15) is 0 Å². The molecule has 0 spiro atoms. The molecule has 0 amide bonds. The van der Waals surface area contributed by atoms with Gasteiger partial charge in [-0.2, -0.15) is 0 Å². The Morgan fingerprint density at radius 3 is 2.53 bits per heavy atom. The van der Waals surface area contributed by atoms with Gasteiger partial charge in [-0.15, -0.1) is 0 Å². The summed E-state index contributed by atoms with van der Waals surface area (Å²) in [6.45, 7) is 4.25. The summed E-state index contributed by atoms with van der Waals surface area (Å²) < 4.78 is 0. The highest BCUT2D eigenvalue weighted by atomic mass is 14.7. The van der Waals surface area contributed by atoms with Crippen molar-refractivity contribution in [1.29, 1.82) is 0 Å². The quantitative estimate of drug-likeness (QED) is 0.889. The van der Waals surface area contributed by atoms with Gasteiger partial charge in [-0.25, -0.2) is 0 Å². The van der Waals surface area contributed by atoms with Gasteiger partial charge in [0.2, 0.25) is 0 Å². The van der Waals surface area contributed by atoms with Crippen LogP contribution in [0.5, 0.6) is 0 Å². The Balaban J connectivity index is 2.11. The summed E-state index contributed by atoms with van der Waals surface area (Å²) in [6.07, 6.45) is 4.79. The SMILES string of the molecule is CCC(N)Cc1cnc(Cc2ccccc2)c(C)c1. The topological polar surface area (TPSA) is 38.9 Å². The molecular formula is C17H22N2. The second-order valence-corrected chi connectivity index (χ2v) is 5.14. The van der Waals surface area contributed by atoms with Crippen molar-refractivity contribution < 1.29 is 0 Å². The molecule has 0 radical (unpaired) electrons. The average molecular weight is 254 g/mol. The molecule has 1 heterocycles. The molecule has 0 fully saturated rings. The fourth-order valence-corrected chi connectivity index (χ4v) is 2.19. The molecule has 2 aromatic rings. The van der Waals surface area contributed by atoms with Gasteiger partial charge in [0.15, 0.2) is 0 Å². The van der Waals surface area contributed by atoms with Crippen molar-refractivity contribution in [3.63, 3.8) is 0 Å². The predicted molar refractivity (Wildman–Crippen MR) is 80.2 cm³/mol. The molecule has 0 aliphatic heterocycles. The highest BCUT2D eigenvalue weighted by Gasteiger charge is 2.06. The number of hydrogen-bond acceptors (Lipinski definition) is 2. The van der Waals surface area contributed by atoms with Crippen LogP contribution in [-0.4, -0.2) is 11.0 Å². The van der Waals surface area contributed by atoms with Crippen molar-refractivity contribution in [1.82, 2.24) is 4.98 Å². The summed E-state index contributed by atoms with van der Waals surface area (Å²) in [5, 5.41) is 0. The van der Waals surface area contributed by atoms with Crippen LogP contribution in [0.25, 0.3) is 0 Å². The molecule has 2 N–H and O–H groups in total. The molecule has 0 aliphatic rings. The molecule has 2 heteroatoms. The third-order valence-corrected chi connectivity index (χ3v) is 3.48. The summed E-state index contributed by atoms with van der Waals surface area (Å²) in [4.78, 5) is 4.61. The summed E-state index contributed by atoms with van der Waals surface area (Å²) in [5.41, 5.74) is 10.9. The van der Waals surface area contributed by atoms with Crippen LogP contribution in [0.1, 0.15) is 35.7 Å². The molecule has 1 atom stereocenters.